The van der Waals surface area contributed by atoms with E-state index in [-0.39, 0.29) is 0 Å². The molecule has 0 aliphatic carbocycles. The molecule has 1 aromatic rings. The van der Waals surface area contributed by atoms with Gasteiger partial charge >= 0.3 is 0 Å². The Morgan fingerprint density at radius 3 is 2.33 bits per heavy atom. The normalized spacial score (nSPS) is 13.3. The highest BCUT2D eigenvalue weighted by atomic mass is 16.3. The molecule has 0 fully saturated rings. The summed E-state index contributed by atoms with van der Waals surface area (Å²) >= 11 is 0. The summed E-state index contributed by atoms with van der Waals surface area (Å²) in [5.41, 5.74) is 8.12. The van der Waals surface area contributed by atoms with Gasteiger partial charge in [0.2, 0.25) is 0 Å². The second-order valence-electron chi connectivity index (χ2n) is 5.30. The van der Waals surface area contributed by atoms with Gasteiger partial charge in [-0.05, 0) is 30.5 Å². The molecule has 0 saturated heterocycles. The van der Waals surface area contributed by atoms with Crippen molar-refractivity contribution >= 4 is 0 Å². The van der Waals surface area contributed by atoms with Crippen LogP contribution < -0.4 is 5.73 Å². The molecule has 3 N–H and O–H groups in total. The number of likely N-dealkylation sites (N-methyl/N-ethyl adjacent to an activating group) is 1. The number of nitrogens with zero attached hydrogens (tertiary/aromatic N) is 1. The van der Waals surface area contributed by atoms with Crippen LogP contribution in [-0.4, -0.2) is 42.8 Å². The Bertz CT molecular complexity index is 335. The lowest BCUT2D eigenvalue weighted by molar-refractivity contribution is 0.133. The van der Waals surface area contributed by atoms with Crippen molar-refractivity contribution < 1.29 is 5.11 Å². The van der Waals surface area contributed by atoms with Crippen molar-refractivity contribution in [1.29, 1.82) is 0 Å². The van der Waals surface area contributed by atoms with E-state index in [4.69, 9.17) is 5.73 Å². The summed E-state index contributed by atoms with van der Waals surface area (Å²) in [5.74, 6) is 0.585. The van der Waals surface area contributed by atoms with Gasteiger partial charge in [0.05, 0.1) is 6.10 Å². The topological polar surface area (TPSA) is 49.5 Å². The first-order chi connectivity index (χ1) is 8.52. The number of nitrogens with two attached hydrogens (primary N) is 1. The van der Waals surface area contributed by atoms with Crippen LogP contribution in [0.3, 0.4) is 0 Å². The van der Waals surface area contributed by atoms with Crippen molar-refractivity contribution in [3.05, 3.63) is 35.4 Å². The standard InChI is InChI=1S/C15H26N2O/c1-12(2)14-6-4-13(5-7-14)8-9-17(3)11-15(18)10-16/h4-7,12,15,18H,8-11,16H2,1-3H3. The van der Waals surface area contributed by atoms with E-state index in [1.807, 2.05) is 7.05 Å². The average molecular weight is 250 g/mol. The molecule has 18 heavy (non-hydrogen) atoms. The highest BCUT2D eigenvalue weighted by molar-refractivity contribution is 5.24. The van der Waals surface area contributed by atoms with E-state index in [1.54, 1.807) is 0 Å². The van der Waals surface area contributed by atoms with E-state index in [1.165, 1.54) is 11.1 Å². The fraction of sp³-hybridized carbons (Fsp3) is 0.600. The minimum Gasteiger partial charge on any atom is -0.390 e. The van der Waals surface area contributed by atoms with Gasteiger partial charge in [-0.2, -0.15) is 0 Å². The summed E-state index contributed by atoms with van der Waals surface area (Å²) in [7, 11) is 2.02. The number of aliphatic hydroxyl groups is 1. The summed E-state index contributed by atoms with van der Waals surface area (Å²) in [6, 6.07) is 8.80. The van der Waals surface area contributed by atoms with Crippen molar-refractivity contribution in [3.63, 3.8) is 0 Å². The first kappa shape index (κ1) is 15.2. The van der Waals surface area contributed by atoms with Crippen LogP contribution in [-0.2, 0) is 6.42 Å². The first-order valence-electron chi connectivity index (χ1n) is 6.68. The van der Waals surface area contributed by atoms with Crippen LogP contribution in [0.5, 0.6) is 0 Å². The van der Waals surface area contributed by atoms with E-state index in [0.29, 0.717) is 19.0 Å². The van der Waals surface area contributed by atoms with Gasteiger partial charge in [0, 0.05) is 19.6 Å². The van der Waals surface area contributed by atoms with Crippen molar-refractivity contribution in [3.8, 4) is 0 Å². The minimum absolute atomic E-state index is 0.327. The monoisotopic (exact) mass is 250 g/mol. The smallest absolute Gasteiger partial charge is 0.0788 e. The SMILES string of the molecule is CC(C)c1ccc(CCN(C)CC(O)CN)cc1. The van der Waals surface area contributed by atoms with Gasteiger partial charge in [-0.25, -0.2) is 0 Å². The Morgan fingerprint density at radius 1 is 1.22 bits per heavy atom. The van der Waals surface area contributed by atoms with Crippen LogP contribution >= 0.6 is 0 Å². The van der Waals surface area contributed by atoms with Gasteiger partial charge in [-0.1, -0.05) is 38.1 Å². The number of rotatable bonds is 7. The molecule has 0 spiro atoms. The molecule has 0 aromatic heterocycles. The zero-order chi connectivity index (χ0) is 13.5. The van der Waals surface area contributed by atoms with Crippen LogP contribution in [0.15, 0.2) is 24.3 Å². The molecule has 1 unspecified atom stereocenters. The molecule has 102 valence electrons. The fourth-order valence-electron chi connectivity index (χ4n) is 1.91. The molecule has 0 saturated carbocycles. The molecule has 1 rings (SSSR count). The van der Waals surface area contributed by atoms with Gasteiger partial charge in [-0.15, -0.1) is 0 Å². The fourth-order valence-corrected chi connectivity index (χ4v) is 1.91. The zero-order valence-corrected chi connectivity index (χ0v) is 11.8. The predicted octanol–water partition coefficient (Wildman–Crippen LogP) is 1.60. The molecule has 3 heteroatoms. The van der Waals surface area contributed by atoms with Gasteiger partial charge in [0.25, 0.3) is 0 Å². The van der Waals surface area contributed by atoms with Crippen molar-refractivity contribution in [2.75, 3.05) is 26.7 Å². The lowest BCUT2D eigenvalue weighted by Gasteiger charge is -2.19. The molecule has 0 aliphatic rings. The average Bonchev–Trinajstić information content (AvgIpc) is 2.36. The van der Waals surface area contributed by atoms with Gasteiger partial charge in [0.1, 0.15) is 0 Å². The van der Waals surface area contributed by atoms with Crippen LogP contribution in [0.1, 0.15) is 30.9 Å². The molecule has 1 atom stereocenters. The Labute approximate surface area is 111 Å². The molecular formula is C15H26N2O. The number of aliphatic hydroxyl groups excluding tert-OH is 1. The van der Waals surface area contributed by atoms with E-state index in [0.717, 1.165) is 13.0 Å². The van der Waals surface area contributed by atoms with Gasteiger partial charge < -0.3 is 15.7 Å². The maximum absolute atomic E-state index is 9.46. The first-order valence-corrected chi connectivity index (χ1v) is 6.68. The molecule has 0 amide bonds. The molecule has 0 bridgehead atoms. The maximum Gasteiger partial charge on any atom is 0.0788 e. The second kappa shape index (κ2) is 7.52. The second-order valence-corrected chi connectivity index (χ2v) is 5.30. The minimum atomic E-state index is -0.418. The quantitative estimate of drug-likeness (QED) is 0.773. The van der Waals surface area contributed by atoms with Gasteiger partial charge in [-0.3, -0.25) is 0 Å². The predicted molar refractivity (Wildman–Crippen MR) is 76.8 cm³/mol. The molecule has 3 nitrogen and oxygen atoms in total. The summed E-state index contributed by atoms with van der Waals surface area (Å²) in [4.78, 5) is 2.12. The maximum atomic E-state index is 9.46. The number of hydrogen-bond donors (Lipinski definition) is 2. The highest BCUT2D eigenvalue weighted by Gasteiger charge is 2.06. The summed E-state index contributed by atoms with van der Waals surface area (Å²) in [6.45, 7) is 6.32. The van der Waals surface area contributed by atoms with E-state index >= 15 is 0 Å². The summed E-state index contributed by atoms with van der Waals surface area (Å²) in [5, 5.41) is 9.46. The molecule has 0 heterocycles. The molecule has 0 radical (unpaired) electrons. The Morgan fingerprint density at radius 2 is 1.83 bits per heavy atom. The zero-order valence-electron chi connectivity index (χ0n) is 11.8. The lowest BCUT2D eigenvalue weighted by Crippen LogP contribution is -2.35. The highest BCUT2D eigenvalue weighted by Crippen LogP contribution is 2.14. The number of benzene rings is 1. The summed E-state index contributed by atoms with van der Waals surface area (Å²) < 4.78 is 0. The largest absolute Gasteiger partial charge is 0.390 e. The van der Waals surface area contributed by atoms with Gasteiger partial charge in [0.15, 0.2) is 0 Å². The van der Waals surface area contributed by atoms with E-state index in [2.05, 4.69) is 43.0 Å². The Balaban J connectivity index is 2.39. The Hall–Kier alpha value is -0.900. The lowest BCUT2D eigenvalue weighted by atomic mass is 10.0. The third-order valence-corrected chi connectivity index (χ3v) is 3.22. The van der Waals surface area contributed by atoms with Crippen LogP contribution in [0.25, 0.3) is 0 Å². The van der Waals surface area contributed by atoms with Crippen molar-refractivity contribution in [1.82, 2.24) is 4.90 Å². The van der Waals surface area contributed by atoms with Crippen molar-refractivity contribution in [2.24, 2.45) is 5.73 Å². The van der Waals surface area contributed by atoms with E-state index < -0.39 is 6.10 Å². The van der Waals surface area contributed by atoms with Crippen LogP contribution in [0, 0.1) is 0 Å². The molecular weight excluding hydrogens is 224 g/mol. The van der Waals surface area contributed by atoms with E-state index in [9.17, 15) is 5.11 Å². The molecule has 0 aliphatic heterocycles. The number of hydrogen-bond acceptors (Lipinski definition) is 3. The Kier molecular flexibility index (Phi) is 6.33. The summed E-state index contributed by atoms with van der Waals surface area (Å²) in [6.07, 6.45) is 0.588. The third kappa shape index (κ3) is 5.17. The molecule has 1 aromatic carbocycles. The van der Waals surface area contributed by atoms with Crippen molar-refractivity contribution in [2.45, 2.75) is 32.3 Å². The van der Waals surface area contributed by atoms with Crippen LogP contribution in [0.2, 0.25) is 0 Å². The van der Waals surface area contributed by atoms with Crippen LogP contribution in [0.4, 0.5) is 0 Å². The third-order valence-electron chi connectivity index (χ3n) is 3.22.